The smallest absolute Gasteiger partial charge is 0.273 e. The molecular weight excluding hydrogens is 322 g/mol. The number of primary amides is 1. The molecule has 7 nitrogen and oxygen atoms in total. The molecule has 0 saturated heterocycles. The van der Waals surface area contributed by atoms with Gasteiger partial charge in [-0.05, 0) is 11.1 Å². The number of nitrogens with zero attached hydrogens (tertiary/aromatic N) is 2. The number of para-hydroxylation sites is 1. The fraction of sp³-hybridized carbons (Fsp3) is 0.222. The fourth-order valence-corrected chi connectivity index (χ4v) is 3.14. The third kappa shape index (κ3) is 3.35. The number of benzene rings is 2. The zero-order chi connectivity index (χ0) is 18.0. The van der Waals surface area contributed by atoms with Gasteiger partial charge in [-0.25, -0.2) is 0 Å². The number of fused-ring (bicyclic) bond motifs is 1. The molecule has 2 aromatic carbocycles. The van der Waals surface area contributed by atoms with Crippen LogP contribution in [0.1, 0.15) is 16.7 Å². The summed E-state index contributed by atoms with van der Waals surface area (Å²) in [5.74, 6) is -0.932. The largest absolute Gasteiger partial charge is 0.368 e. The molecule has 1 atom stereocenters. The number of carbonyl (C=O) groups excluding carboxylic acids is 2. The highest BCUT2D eigenvalue weighted by atomic mass is 16.6. The van der Waals surface area contributed by atoms with Crippen molar-refractivity contribution in [1.29, 1.82) is 0 Å². The molecule has 2 amide bonds. The average molecular weight is 339 g/mol. The summed E-state index contributed by atoms with van der Waals surface area (Å²) < 4.78 is 0. The molecule has 0 fully saturated rings. The van der Waals surface area contributed by atoms with Crippen LogP contribution in [0.4, 0.5) is 5.69 Å². The molecule has 0 spiro atoms. The summed E-state index contributed by atoms with van der Waals surface area (Å²) in [4.78, 5) is 36.6. The van der Waals surface area contributed by atoms with Crippen LogP contribution in [0.3, 0.4) is 0 Å². The topological polar surface area (TPSA) is 107 Å². The number of hydrogen-bond acceptors (Lipinski definition) is 4. The molecule has 2 aromatic rings. The standard InChI is InChI=1S/C18H17N3O4/c19-18(23)16-9-12-5-1-2-7-14(12)11-20(16)17(22)10-13-6-3-4-8-15(13)21(24)25/h1-8,16H,9-11H2,(H2,19,23)/t16-/m0/s1. The van der Waals surface area contributed by atoms with Crippen LogP contribution in [-0.2, 0) is 29.0 Å². The van der Waals surface area contributed by atoms with Crippen LogP contribution in [-0.4, -0.2) is 27.7 Å². The molecule has 128 valence electrons. The van der Waals surface area contributed by atoms with Crippen LogP contribution in [0.15, 0.2) is 48.5 Å². The zero-order valence-electron chi connectivity index (χ0n) is 13.4. The first kappa shape index (κ1) is 16.6. The zero-order valence-corrected chi connectivity index (χ0v) is 13.4. The quantitative estimate of drug-likeness (QED) is 0.674. The van der Waals surface area contributed by atoms with E-state index in [0.717, 1.165) is 11.1 Å². The lowest BCUT2D eigenvalue weighted by molar-refractivity contribution is -0.385. The number of nitrogens with two attached hydrogens (primary N) is 1. The molecular formula is C18H17N3O4. The number of carbonyl (C=O) groups is 2. The van der Waals surface area contributed by atoms with E-state index in [4.69, 9.17) is 5.73 Å². The first-order chi connectivity index (χ1) is 12.0. The summed E-state index contributed by atoms with van der Waals surface area (Å²) in [6.07, 6.45) is 0.206. The van der Waals surface area contributed by atoms with E-state index in [1.54, 1.807) is 18.2 Å². The van der Waals surface area contributed by atoms with Crippen molar-refractivity contribution in [3.05, 3.63) is 75.3 Å². The fourth-order valence-electron chi connectivity index (χ4n) is 3.14. The van der Waals surface area contributed by atoms with Crippen LogP contribution in [0.5, 0.6) is 0 Å². The monoisotopic (exact) mass is 339 g/mol. The molecule has 0 aromatic heterocycles. The van der Waals surface area contributed by atoms with Crippen molar-refractivity contribution in [3.63, 3.8) is 0 Å². The van der Waals surface area contributed by atoms with Crippen LogP contribution in [0.2, 0.25) is 0 Å². The van der Waals surface area contributed by atoms with E-state index >= 15 is 0 Å². The second kappa shape index (κ2) is 6.72. The Kier molecular flexibility index (Phi) is 4.47. The predicted octanol–water partition coefficient (Wildman–Crippen LogP) is 1.58. The van der Waals surface area contributed by atoms with E-state index in [0.29, 0.717) is 12.0 Å². The van der Waals surface area contributed by atoms with E-state index in [1.807, 2.05) is 24.3 Å². The third-order valence-electron chi connectivity index (χ3n) is 4.43. The Hall–Kier alpha value is -3.22. The van der Waals surface area contributed by atoms with Crippen LogP contribution in [0, 0.1) is 10.1 Å². The maximum atomic E-state index is 12.8. The molecule has 0 saturated carbocycles. The van der Waals surface area contributed by atoms with Gasteiger partial charge < -0.3 is 10.6 Å². The summed E-state index contributed by atoms with van der Waals surface area (Å²) in [7, 11) is 0. The van der Waals surface area contributed by atoms with Crippen LogP contribution < -0.4 is 5.73 Å². The molecule has 0 unspecified atom stereocenters. The lowest BCUT2D eigenvalue weighted by Gasteiger charge is -2.35. The summed E-state index contributed by atoms with van der Waals surface area (Å²) >= 11 is 0. The maximum absolute atomic E-state index is 12.8. The highest BCUT2D eigenvalue weighted by Gasteiger charge is 2.33. The number of amides is 2. The van der Waals surface area contributed by atoms with Gasteiger partial charge in [-0.2, -0.15) is 0 Å². The lowest BCUT2D eigenvalue weighted by Crippen LogP contribution is -2.51. The minimum Gasteiger partial charge on any atom is -0.368 e. The van der Waals surface area contributed by atoms with Crippen molar-refractivity contribution < 1.29 is 14.5 Å². The Balaban J connectivity index is 1.88. The number of nitro groups is 1. The molecule has 3 rings (SSSR count). The van der Waals surface area contributed by atoms with Crippen molar-refractivity contribution in [2.75, 3.05) is 0 Å². The van der Waals surface area contributed by atoms with Gasteiger partial charge in [0.15, 0.2) is 0 Å². The van der Waals surface area contributed by atoms with Gasteiger partial charge in [0, 0.05) is 24.6 Å². The molecule has 7 heteroatoms. The van der Waals surface area contributed by atoms with Gasteiger partial charge in [-0.3, -0.25) is 19.7 Å². The second-order valence-electron chi connectivity index (χ2n) is 5.98. The minimum atomic E-state index is -0.745. The van der Waals surface area contributed by atoms with Crippen LogP contribution in [0.25, 0.3) is 0 Å². The van der Waals surface area contributed by atoms with E-state index in [-0.39, 0.29) is 24.6 Å². The van der Waals surface area contributed by atoms with Gasteiger partial charge in [0.1, 0.15) is 6.04 Å². The van der Waals surface area contributed by atoms with Crippen molar-refractivity contribution in [2.45, 2.75) is 25.4 Å². The third-order valence-corrected chi connectivity index (χ3v) is 4.43. The Bertz CT molecular complexity index is 850. The molecule has 25 heavy (non-hydrogen) atoms. The first-order valence-electron chi connectivity index (χ1n) is 7.85. The van der Waals surface area contributed by atoms with Gasteiger partial charge in [-0.15, -0.1) is 0 Å². The highest BCUT2D eigenvalue weighted by Crippen LogP contribution is 2.25. The van der Waals surface area contributed by atoms with Crippen molar-refractivity contribution in [1.82, 2.24) is 4.90 Å². The molecule has 0 aliphatic carbocycles. The Morgan fingerprint density at radius 1 is 1.12 bits per heavy atom. The van der Waals surface area contributed by atoms with Gasteiger partial charge in [-0.1, -0.05) is 42.5 Å². The SMILES string of the molecule is NC(=O)[C@@H]1Cc2ccccc2CN1C(=O)Cc1ccccc1[N+](=O)[O-]. The van der Waals surface area contributed by atoms with Gasteiger partial charge in [0.05, 0.1) is 11.3 Å². The van der Waals surface area contributed by atoms with Gasteiger partial charge in [0.25, 0.3) is 5.69 Å². The molecule has 0 bridgehead atoms. The summed E-state index contributed by atoms with van der Waals surface area (Å²) in [6.45, 7) is 0.267. The molecule has 1 heterocycles. The molecule has 0 radical (unpaired) electrons. The van der Waals surface area contributed by atoms with Crippen molar-refractivity contribution in [2.24, 2.45) is 5.73 Å². The molecule has 1 aliphatic heterocycles. The molecule has 2 N–H and O–H groups in total. The van der Waals surface area contributed by atoms with Crippen molar-refractivity contribution >= 4 is 17.5 Å². The summed E-state index contributed by atoms with van der Waals surface area (Å²) in [5, 5.41) is 11.1. The predicted molar refractivity (Wildman–Crippen MR) is 90.5 cm³/mol. The van der Waals surface area contributed by atoms with E-state index in [1.165, 1.54) is 11.0 Å². The highest BCUT2D eigenvalue weighted by molar-refractivity contribution is 5.88. The Morgan fingerprint density at radius 3 is 2.44 bits per heavy atom. The maximum Gasteiger partial charge on any atom is 0.273 e. The average Bonchev–Trinajstić information content (AvgIpc) is 2.60. The second-order valence-corrected chi connectivity index (χ2v) is 5.98. The van der Waals surface area contributed by atoms with Gasteiger partial charge >= 0.3 is 0 Å². The van der Waals surface area contributed by atoms with Crippen molar-refractivity contribution in [3.8, 4) is 0 Å². The number of nitro benzene ring substituents is 1. The minimum absolute atomic E-state index is 0.108. The van der Waals surface area contributed by atoms with Crippen LogP contribution >= 0.6 is 0 Å². The normalized spacial score (nSPS) is 16.2. The Morgan fingerprint density at radius 2 is 1.76 bits per heavy atom. The van der Waals surface area contributed by atoms with E-state index in [2.05, 4.69) is 0 Å². The molecule has 1 aliphatic rings. The number of rotatable bonds is 4. The number of hydrogen-bond donors (Lipinski definition) is 1. The first-order valence-corrected chi connectivity index (χ1v) is 7.85. The lowest BCUT2D eigenvalue weighted by atomic mass is 9.93. The summed E-state index contributed by atoms with van der Waals surface area (Å²) in [5.41, 5.74) is 7.64. The Labute approximate surface area is 144 Å². The van der Waals surface area contributed by atoms with Gasteiger partial charge in [0.2, 0.25) is 11.8 Å². The summed E-state index contributed by atoms with van der Waals surface area (Å²) in [6, 6.07) is 12.9. The van der Waals surface area contributed by atoms with E-state index < -0.39 is 16.9 Å². The van der Waals surface area contributed by atoms with E-state index in [9.17, 15) is 19.7 Å².